The lowest BCUT2D eigenvalue weighted by atomic mass is 10.0. The van der Waals surface area contributed by atoms with Crippen molar-refractivity contribution in [1.82, 2.24) is 0 Å². The van der Waals surface area contributed by atoms with Crippen LogP contribution in [-0.4, -0.2) is 58.0 Å². The number of rotatable bonds is 15. The van der Waals surface area contributed by atoms with Gasteiger partial charge in [0.05, 0.1) is 6.61 Å². The van der Waals surface area contributed by atoms with Gasteiger partial charge in [-0.25, -0.2) is 0 Å². The van der Waals surface area contributed by atoms with Crippen LogP contribution < -0.4 is 0 Å². The van der Waals surface area contributed by atoms with E-state index >= 15 is 0 Å². The molecule has 0 bridgehead atoms. The van der Waals surface area contributed by atoms with Gasteiger partial charge in [0, 0.05) is 6.42 Å². The van der Waals surface area contributed by atoms with Gasteiger partial charge in [0.1, 0.15) is 31.0 Å². The van der Waals surface area contributed by atoms with Crippen LogP contribution in [0.25, 0.3) is 0 Å². The van der Waals surface area contributed by atoms with Gasteiger partial charge in [-0.1, -0.05) is 77.6 Å². The topological polar surface area (TPSA) is 79.2 Å². The van der Waals surface area contributed by atoms with Crippen LogP contribution in [0.4, 0.5) is 0 Å². The van der Waals surface area contributed by atoms with Crippen LogP contribution in [-0.2, 0) is 9.47 Å². The van der Waals surface area contributed by atoms with Crippen molar-refractivity contribution >= 4 is 17.3 Å². The lowest BCUT2D eigenvalue weighted by Gasteiger charge is -2.34. The Balaban J connectivity index is 1.90. The first kappa shape index (κ1) is 24.8. The zero-order valence-electron chi connectivity index (χ0n) is 17.0. The highest BCUT2D eigenvalue weighted by molar-refractivity contribution is 7.80. The van der Waals surface area contributed by atoms with Crippen LogP contribution in [0.3, 0.4) is 0 Å². The number of hydrogen-bond donors (Lipinski definition) is 3. The highest BCUT2D eigenvalue weighted by atomic mass is 32.1. The SMILES string of the molecule is CCCCCCCCCCCCCCC(=S)OC[C@@H]1OC[C@@H](O)[C@H](O)[C@H]1O. The summed E-state index contributed by atoms with van der Waals surface area (Å²) in [5, 5.41) is 29.4. The first-order chi connectivity index (χ1) is 13.1. The molecule has 0 aromatic rings. The third-order valence-corrected chi connectivity index (χ3v) is 5.57. The number of unbranched alkanes of at least 4 members (excludes halogenated alkanes) is 11. The Morgan fingerprint density at radius 3 is 1.93 bits per heavy atom. The molecule has 0 radical (unpaired) electrons. The van der Waals surface area contributed by atoms with Crippen LogP contribution >= 0.6 is 12.2 Å². The van der Waals surface area contributed by atoms with E-state index in [2.05, 4.69) is 6.92 Å². The second-order valence-electron chi connectivity index (χ2n) is 7.74. The minimum absolute atomic E-state index is 0.00223. The van der Waals surface area contributed by atoms with Gasteiger partial charge >= 0.3 is 0 Å². The van der Waals surface area contributed by atoms with Crippen LogP contribution in [0.2, 0.25) is 0 Å². The molecular formula is C21H40O5S. The molecule has 160 valence electrons. The zero-order valence-corrected chi connectivity index (χ0v) is 17.8. The smallest absolute Gasteiger partial charge is 0.159 e. The summed E-state index contributed by atoms with van der Waals surface area (Å²) >= 11 is 5.22. The first-order valence-corrected chi connectivity index (χ1v) is 11.3. The van der Waals surface area contributed by atoms with E-state index in [-0.39, 0.29) is 13.2 Å². The van der Waals surface area contributed by atoms with Crippen molar-refractivity contribution in [2.45, 2.75) is 115 Å². The Kier molecular flexibility index (Phi) is 14.3. The molecule has 0 saturated carbocycles. The van der Waals surface area contributed by atoms with Gasteiger partial charge in [0.15, 0.2) is 5.05 Å². The number of thiocarbonyl (C=S) groups is 1. The third-order valence-electron chi connectivity index (χ3n) is 5.25. The zero-order chi connectivity index (χ0) is 19.9. The molecule has 1 saturated heterocycles. The van der Waals surface area contributed by atoms with Gasteiger partial charge in [-0.05, 0) is 18.6 Å². The van der Waals surface area contributed by atoms with Crippen molar-refractivity contribution in [3.63, 3.8) is 0 Å². The second-order valence-corrected chi connectivity index (χ2v) is 8.20. The summed E-state index contributed by atoms with van der Waals surface area (Å²) in [4.78, 5) is 0. The number of aliphatic hydroxyl groups is 3. The van der Waals surface area contributed by atoms with Crippen LogP contribution in [0.15, 0.2) is 0 Å². The fourth-order valence-corrected chi connectivity index (χ4v) is 3.58. The Hall–Kier alpha value is -0.270. The van der Waals surface area contributed by atoms with Gasteiger partial charge in [-0.3, -0.25) is 0 Å². The van der Waals surface area contributed by atoms with E-state index in [9.17, 15) is 15.3 Å². The van der Waals surface area contributed by atoms with E-state index in [1.807, 2.05) is 0 Å². The quantitative estimate of drug-likeness (QED) is 0.284. The van der Waals surface area contributed by atoms with Gasteiger partial charge in [-0.15, -0.1) is 0 Å². The number of hydrogen-bond acceptors (Lipinski definition) is 6. The minimum Gasteiger partial charge on any atom is -0.484 e. The molecule has 0 unspecified atom stereocenters. The lowest BCUT2D eigenvalue weighted by Crippen LogP contribution is -2.54. The Morgan fingerprint density at radius 1 is 0.852 bits per heavy atom. The summed E-state index contributed by atoms with van der Waals surface area (Å²) in [6, 6.07) is 0. The van der Waals surface area contributed by atoms with E-state index in [0.717, 1.165) is 19.3 Å². The Bertz CT molecular complexity index is 380. The van der Waals surface area contributed by atoms with Crippen LogP contribution in [0, 0.1) is 0 Å². The molecule has 27 heavy (non-hydrogen) atoms. The standard InChI is InChI=1S/C21H40O5S/c1-2-3-4-5-6-7-8-9-10-11-12-13-14-19(27)26-16-18-21(24)20(23)17(22)15-25-18/h17-18,20-24H,2-16H2,1H3/t17-,18+,20+,21+/m1/s1. The molecule has 1 heterocycles. The van der Waals surface area contributed by atoms with Gasteiger partial charge in [0.2, 0.25) is 0 Å². The van der Waals surface area contributed by atoms with Crippen LogP contribution in [0.1, 0.15) is 90.4 Å². The molecule has 1 rings (SSSR count). The molecule has 3 N–H and O–H groups in total. The average Bonchev–Trinajstić information content (AvgIpc) is 2.66. The summed E-state index contributed by atoms with van der Waals surface area (Å²) < 4.78 is 10.8. The average molecular weight is 405 g/mol. The summed E-state index contributed by atoms with van der Waals surface area (Å²) in [7, 11) is 0. The van der Waals surface area contributed by atoms with E-state index in [1.165, 1.54) is 64.2 Å². The van der Waals surface area contributed by atoms with E-state index in [0.29, 0.717) is 5.05 Å². The van der Waals surface area contributed by atoms with Gasteiger partial charge < -0.3 is 24.8 Å². The molecule has 0 spiro atoms. The van der Waals surface area contributed by atoms with Gasteiger partial charge in [0.25, 0.3) is 0 Å². The fraction of sp³-hybridized carbons (Fsp3) is 0.952. The molecule has 0 aromatic heterocycles. The van der Waals surface area contributed by atoms with Crippen molar-refractivity contribution < 1.29 is 24.8 Å². The maximum atomic E-state index is 9.85. The Morgan fingerprint density at radius 2 is 1.37 bits per heavy atom. The molecule has 1 aliphatic rings. The van der Waals surface area contributed by atoms with E-state index in [1.54, 1.807) is 0 Å². The molecule has 6 heteroatoms. The molecule has 4 atom stereocenters. The summed E-state index contributed by atoms with van der Waals surface area (Å²) in [5.74, 6) is 0. The molecule has 1 fully saturated rings. The normalized spacial score (nSPS) is 25.5. The van der Waals surface area contributed by atoms with Crippen molar-refractivity contribution in [3.8, 4) is 0 Å². The predicted molar refractivity (Wildman–Crippen MR) is 112 cm³/mol. The first-order valence-electron chi connectivity index (χ1n) is 10.9. The second kappa shape index (κ2) is 15.6. The largest absolute Gasteiger partial charge is 0.484 e. The molecular weight excluding hydrogens is 364 g/mol. The number of ether oxygens (including phenoxy) is 2. The van der Waals surface area contributed by atoms with Crippen molar-refractivity contribution in [3.05, 3.63) is 0 Å². The maximum absolute atomic E-state index is 9.85. The van der Waals surface area contributed by atoms with Crippen molar-refractivity contribution in [1.29, 1.82) is 0 Å². The molecule has 5 nitrogen and oxygen atoms in total. The highest BCUT2D eigenvalue weighted by Gasteiger charge is 2.37. The Labute approximate surface area is 170 Å². The lowest BCUT2D eigenvalue weighted by molar-refractivity contribution is -0.193. The van der Waals surface area contributed by atoms with Crippen LogP contribution in [0.5, 0.6) is 0 Å². The van der Waals surface area contributed by atoms with E-state index in [4.69, 9.17) is 21.7 Å². The van der Waals surface area contributed by atoms with Crippen molar-refractivity contribution in [2.24, 2.45) is 0 Å². The fourth-order valence-electron chi connectivity index (χ4n) is 3.37. The highest BCUT2D eigenvalue weighted by Crippen LogP contribution is 2.17. The summed E-state index contributed by atoms with van der Waals surface area (Å²) in [5.41, 5.74) is 0. The predicted octanol–water partition coefficient (Wildman–Crippen LogP) is 3.90. The minimum atomic E-state index is -1.20. The number of aliphatic hydroxyl groups excluding tert-OH is 3. The summed E-state index contributed by atoms with van der Waals surface area (Å²) in [6.07, 6.45) is 12.4. The summed E-state index contributed by atoms with van der Waals surface area (Å²) in [6.45, 7) is 2.37. The third kappa shape index (κ3) is 11.3. The molecule has 1 aliphatic heterocycles. The molecule has 0 amide bonds. The maximum Gasteiger partial charge on any atom is 0.159 e. The molecule has 0 aliphatic carbocycles. The molecule has 0 aromatic carbocycles. The monoisotopic (exact) mass is 404 g/mol. The van der Waals surface area contributed by atoms with E-state index < -0.39 is 24.4 Å². The van der Waals surface area contributed by atoms with Crippen molar-refractivity contribution in [2.75, 3.05) is 13.2 Å². The van der Waals surface area contributed by atoms with Gasteiger partial charge in [-0.2, -0.15) is 0 Å².